The smallest absolute Gasteiger partial charge is 0.0494 e. The minimum Gasteiger partial charge on any atom is -0.338 e. The molecule has 0 N–H and O–H groups in total. The summed E-state index contributed by atoms with van der Waals surface area (Å²) in [6.07, 6.45) is 45.8. The van der Waals surface area contributed by atoms with Crippen LogP contribution in [0.25, 0.3) is 45.3 Å². The van der Waals surface area contributed by atoms with Crippen LogP contribution in [0.4, 0.5) is 0 Å². The van der Waals surface area contributed by atoms with Crippen LogP contribution in [0, 0.1) is 12.8 Å². The molecule has 3 aliphatic rings. The first kappa shape index (κ1) is 47.8. The molecule has 0 amide bonds. The zero-order chi connectivity index (χ0) is 43.4. The van der Waals surface area contributed by atoms with Gasteiger partial charge in [0.05, 0.1) is 0 Å². The Kier molecular flexibility index (Phi) is 19.7. The molecule has 1 nitrogen and oxygen atoms in total. The SMILES string of the molecule is C#C.C/C=C\C=C/C.C=C(/C=C\C=C(/C)c1cccc2c1-c1ccccc1C2(C)C1=CCCC=C1)c1ccc2c(c1)c1c(n2C(C)CCCC)C=CCC=C1.CC.CC. The molecule has 3 aliphatic carbocycles. The monoisotopic (exact) mass is 782 g/mol. The van der Waals surface area contributed by atoms with Crippen LogP contribution in [0.15, 0.2) is 146 Å². The lowest BCUT2D eigenvalue weighted by atomic mass is 9.72. The molecule has 7 rings (SSSR count). The van der Waals surface area contributed by atoms with Gasteiger partial charge in [0, 0.05) is 33.6 Å². The molecule has 3 aromatic carbocycles. The van der Waals surface area contributed by atoms with Crippen molar-refractivity contribution in [1.29, 1.82) is 0 Å². The number of allylic oxidation sites excluding steroid dienone is 15. The predicted molar refractivity (Wildman–Crippen MR) is 268 cm³/mol. The third-order valence-electron chi connectivity index (χ3n) is 11.2. The van der Waals surface area contributed by atoms with E-state index in [-0.39, 0.29) is 5.41 Å². The van der Waals surface area contributed by atoms with Gasteiger partial charge in [0.25, 0.3) is 0 Å². The zero-order valence-electron chi connectivity index (χ0n) is 38.0. The summed E-state index contributed by atoms with van der Waals surface area (Å²) in [4.78, 5) is 0. The van der Waals surface area contributed by atoms with Gasteiger partial charge in [-0.2, -0.15) is 0 Å². The molecule has 0 bridgehead atoms. The molecule has 4 aromatic rings. The third-order valence-corrected chi connectivity index (χ3v) is 11.2. The molecule has 0 fully saturated rings. The van der Waals surface area contributed by atoms with Crippen molar-refractivity contribution in [2.45, 2.75) is 119 Å². The molecule has 2 atom stereocenters. The van der Waals surface area contributed by atoms with E-state index in [4.69, 9.17) is 0 Å². The van der Waals surface area contributed by atoms with E-state index in [0.29, 0.717) is 6.04 Å². The number of fused-ring (bicyclic) bond motifs is 6. The van der Waals surface area contributed by atoms with Crippen LogP contribution in [0.1, 0.15) is 147 Å². The average Bonchev–Trinajstić information content (AvgIpc) is 3.61. The first-order valence-corrected chi connectivity index (χ1v) is 22.1. The Balaban J connectivity index is 0.000000696. The van der Waals surface area contributed by atoms with Crippen LogP contribution < -0.4 is 0 Å². The normalized spacial score (nSPS) is 16.6. The van der Waals surface area contributed by atoms with Crippen LogP contribution >= 0.6 is 0 Å². The Labute approximate surface area is 359 Å². The second kappa shape index (κ2) is 24.4. The van der Waals surface area contributed by atoms with Crippen LogP contribution in [0.2, 0.25) is 0 Å². The van der Waals surface area contributed by atoms with Gasteiger partial charge in [0.15, 0.2) is 0 Å². The lowest BCUT2D eigenvalue weighted by Crippen LogP contribution is -2.23. The van der Waals surface area contributed by atoms with E-state index in [1.807, 2.05) is 65.8 Å². The van der Waals surface area contributed by atoms with Crippen LogP contribution in [-0.2, 0) is 5.41 Å². The second-order valence-electron chi connectivity index (χ2n) is 14.8. The highest BCUT2D eigenvalue weighted by Crippen LogP contribution is 2.55. The molecule has 308 valence electrons. The van der Waals surface area contributed by atoms with Crippen molar-refractivity contribution < 1.29 is 0 Å². The molecule has 0 spiro atoms. The molecule has 0 saturated heterocycles. The summed E-state index contributed by atoms with van der Waals surface area (Å²) >= 11 is 0. The highest BCUT2D eigenvalue weighted by atomic mass is 15.0. The highest BCUT2D eigenvalue weighted by Gasteiger charge is 2.42. The Morgan fingerprint density at radius 3 is 2.22 bits per heavy atom. The number of hydrogen-bond acceptors (Lipinski definition) is 0. The van der Waals surface area contributed by atoms with Gasteiger partial charge in [-0.15, -0.1) is 12.8 Å². The summed E-state index contributed by atoms with van der Waals surface area (Å²) in [6, 6.07) is 23.2. The molecule has 1 heterocycles. The fourth-order valence-electron chi connectivity index (χ4n) is 8.33. The number of rotatable bonds is 10. The van der Waals surface area contributed by atoms with E-state index in [2.05, 4.69) is 173 Å². The van der Waals surface area contributed by atoms with Gasteiger partial charge in [0.2, 0.25) is 0 Å². The van der Waals surface area contributed by atoms with E-state index in [0.717, 1.165) is 24.8 Å². The molecule has 0 aliphatic heterocycles. The van der Waals surface area contributed by atoms with Gasteiger partial charge in [-0.25, -0.2) is 0 Å². The van der Waals surface area contributed by atoms with Crippen molar-refractivity contribution in [2.24, 2.45) is 0 Å². The van der Waals surface area contributed by atoms with Crippen molar-refractivity contribution in [3.63, 3.8) is 0 Å². The summed E-state index contributed by atoms with van der Waals surface area (Å²) in [5.74, 6) is 0. The number of unbranched alkanes of at least 4 members (excludes halogenated alkanes) is 1. The van der Waals surface area contributed by atoms with Crippen LogP contribution in [0.5, 0.6) is 0 Å². The summed E-state index contributed by atoms with van der Waals surface area (Å²) in [5, 5.41) is 1.31. The first-order chi connectivity index (χ1) is 28.8. The minimum absolute atomic E-state index is 0.141. The number of benzene rings is 3. The third kappa shape index (κ3) is 10.7. The summed E-state index contributed by atoms with van der Waals surface area (Å²) < 4.78 is 2.56. The highest BCUT2D eigenvalue weighted by molar-refractivity contribution is 5.97. The number of nitrogens with zero attached hydrogens (tertiary/aromatic N) is 1. The van der Waals surface area contributed by atoms with Crippen molar-refractivity contribution in [3.05, 3.63) is 179 Å². The van der Waals surface area contributed by atoms with Gasteiger partial charge in [-0.1, -0.05) is 182 Å². The zero-order valence-corrected chi connectivity index (χ0v) is 38.0. The van der Waals surface area contributed by atoms with Gasteiger partial charge in [-0.05, 0) is 129 Å². The molecule has 0 radical (unpaired) electrons. The fraction of sp³-hybridized carbons (Fsp3) is 0.310. The van der Waals surface area contributed by atoms with Crippen molar-refractivity contribution in [1.82, 2.24) is 4.57 Å². The molecule has 1 aromatic heterocycles. The van der Waals surface area contributed by atoms with Crippen LogP contribution in [0.3, 0.4) is 0 Å². The lowest BCUT2D eigenvalue weighted by Gasteiger charge is -2.30. The maximum Gasteiger partial charge on any atom is 0.0494 e. The number of hydrogen-bond donors (Lipinski definition) is 0. The van der Waals surface area contributed by atoms with E-state index < -0.39 is 0 Å². The Hall–Kier alpha value is -5.58. The van der Waals surface area contributed by atoms with Gasteiger partial charge >= 0.3 is 0 Å². The van der Waals surface area contributed by atoms with Crippen LogP contribution in [-0.4, -0.2) is 4.57 Å². The molecular weight excluding hydrogens is 711 g/mol. The fourth-order valence-corrected chi connectivity index (χ4v) is 8.33. The van der Waals surface area contributed by atoms with Crippen molar-refractivity contribution in [2.75, 3.05) is 0 Å². The average molecular weight is 782 g/mol. The first-order valence-electron chi connectivity index (χ1n) is 22.1. The molecule has 2 unspecified atom stereocenters. The van der Waals surface area contributed by atoms with Crippen molar-refractivity contribution in [3.8, 4) is 24.0 Å². The van der Waals surface area contributed by atoms with Gasteiger partial charge < -0.3 is 4.57 Å². The maximum absolute atomic E-state index is 4.51. The second-order valence-corrected chi connectivity index (χ2v) is 14.8. The Bertz CT molecular complexity index is 2250. The summed E-state index contributed by atoms with van der Waals surface area (Å²) in [6.45, 7) is 25.8. The molecule has 0 saturated carbocycles. The van der Waals surface area contributed by atoms with E-state index in [1.165, 1.54) is 85.9 Å². The van der Waals surface area contributed by atoms with Gasteiger partial charge in [-0.3, -0.25) is 0 Å². The quantitative estimate of drug-likeness (QED) is 0.112. The Morgan fingerprint density at radius 1 is 0.847 bits per heavy atom. The van der Waals surface area contributed by atoms with E-state index in [1.54, 1.807) is 0 Å². The largest absolute Gasteiger partial charge is 0.338 e. The lowest BCUT2D eigenvalue weighted by molar-refractivity contribution is 0.496. The summed E-state index contributed by atoms with van der Waals surface area (Å²) in [7, 11) is 0. The van der Waals surface area contributed by atoms with Crippen molar-refractivity contribution >= 4 is 34.2 Å². The van der Waals surface area contributed by atoms with E-state index in [9.17, 15) is 0 Å². The Morgan fingerprint density at radius 2 is 1.54 bits per heavy atom. The number of terminal acetylenes is 1. The number of aromatic nitrogens is 1. The minimum atomic E-state index is -0.141. The van der Waals surface area contributed by atoms with E-state index >= 15 is 0 Å². The maximum atomic E-state index is 4.51. The standard InChI is InChI=1S/C46H47N.C6H10.2C2H6.C2H2/c1-6-7-20-34(4)47-43-28-13-9-12-23-38(43)40-31-35(29-30-44(40)47)32(2)18-16-19-33(3)37-25-17-27-42-45(37)39-24-14-15-26-41(39)46(42,5)36-21-10-8-11-22-36;1-3-5-6-4-2;3*1-2/h10,12-19,21-31,34H,2,6-9,11,20H2,1,3-5H3;3-6H,1-2H3;2*1-2H3;1-2H/b18-16-,33-19+;5-3-,6-4-;;;. The topological polar surface area (TPSA) is 4.93 Å². The molecular formula is C58H71N. The summed E-state index contributed by atoms with van der Waals surface area (Å²) in [5.41, 5.74) is 15.5. The molecule has 59 heavy (non-hydrogen) atoms. The molecule has 1 heteroatoms. The van der Waals surface area contributed by atoms with Gasteiger partial charge in [0.1, 0.15) is 0 Å². The predicted octanol–water partition coefficient (Wildman–Crippen LogP) is 17.5.